The topological polar surface area (TPSA) is 49.4 Å². The molecular formula is C8H15NaO3. The monoisotopic (exact) mass is 182 g/mol. The number of carboxylic acids is 1. The summed E-state index contributed by atoms with van der Waals surface area (Å²) in [5, 5.41) is 10.4. The second-order valence-corrected chi connectivity index (χ2v) is 2.59. The van der Waals surface area contributed by atoms with Crippen LogP contribution in [0.15, 0.2) is 0 Å². The first-order valence-corrected chi connectivity index (χ1v) is 3.92. The first-order valence-electron chi connectivity index (χ1n) is 3.92. The SMILES string of the molecule is CCCC(CCOC)C(=O)[O-].[Na+]. The fourth-order valence-corrected chi connectivity index (χ4v) is 0.989. The molecule has 0 saturated heterocycles. The molecule has 12 heavy (non-hydrogen) atoms. The molecule has 0 aromatic heterocycles. The van der Waals surface area contributed by atoms with Crippen LogP contribution >= 0.6 is 0 Å². The van der Waals surface area contributed by atoms with Gasteiger partial charge in [0.1, 0.15) is 0 Å². The van der Waals surface area contributed by atoms with Gasteiger partial charge in [0.25, 0.3) is 0 Å². The van der Waals surface area contributed by atoms with E-state index in [1.807, 2.05) is 6.92 Å². The van der Waals surface area contributed by atoms with Crippen LogP contribution in [0.1, 0.15) is 26.2 Å². The number of aliphatic carboxylic acids is 1. The molecular weight excluding hydrogens is 167 g/mol. The van der Waals surface area contributed by atoms with Crippen molar-refractivity contribution in [1.82, 2.24) is 0 Å². The number of rotatable bonds is 6. The van der Waals surface area contributed by atoms with Gasteiger partial charge in [0.05, 0.1) is 0 Å². The Balaban J connectivity index is 0. The maximum atomic E-state index is 10.4. The maximum absolute atomic E-state index is 10.4. The van der Waals surface area contributed by atoms with Gasteiger partial charge in [-0.05, 0) is 12.8 Å². The fraction of sp³-hybridized carbons (Fsp3) is 0.875. The van der Waals surface area contributed by atoms with E-state index in [0.717, 1.165) is 6.42 Å². The second-order valence-electron chi connectivity index (χ2n) is 2.59. The summed E-state index contributed by atoms with van der Waals surface area (Å²) < 4.78 is 4.78. The summed E-state index contributed by atoms with van der Waals surface area (Å²) in [6.45, 7) is 2.46. The number of hydrogen-bond acceptors (Lipinski definition) is 3. The van der Waals surface area contributed by atoms with Gasteiger partial charge in [-0.2, -0.15) is 0 Å². The third-order valence-electron chi connectivity index (χ3n) is 1.64. The molecule has 0 saturated carbocycles. The minimum atomic E-state index is -0.955. The van der Waals surface area contributed by atoms with Gasteiger partial charge in [-0.15, -0.1) is 0 Å². The number of carbonyl (C=O) groups is 1. The van der Waals surface area contributed by atoms with E-state index in [1.54, 1.807) is 7.11 Å². The summed E-state index contributed by atoms with van der Waals surface area (Å²) >= 11 is 0. The molecule has 0 bridgehead atoms. The Morgan fingerprint density at radius 3 is 2.42 bits per heavy atom. The van der Waals surface area contributed by atoms with E-state index in [2.05, 4.69) is 0 Å². The van der Waals surface area contributed by atoms with Gasteiger partial charge in [-0.1, -0.05) is 13.3 Å². The first kappa shape index (κ1) is 14.9. The summed E-state index contributed by atoms with van der Waals surface area (Å²) in [6.07, 6.45) is 2.13. The quantitative estimate of drug-likeness (QED) is 0.417. The van der Waals surface area contributed by atoms with Crippen molar-refractivity contribution >= 4 is 5.97 Å². The fourth-order valence-electron chi connectivity index (χ4n) is 0.989. The molecule has 0 aliphatic rings. The van der Waals surface area contributed by atoms with Crippen LogP contribution in [0.4, 0.5) is 0 Å². The Morgan fingerprint density at radius 2 is 2.08 bits per heavy atom. The van der Waals surface area contributed by atoms with E-state index in [4.69, 9.17) is 4.74 Å². The molecule has 0 radical (unpaired) electrons. The maximum Gasteiger partial charge on any atom is 1.00 e. The van der Waals surface area contributed by atoms with E-state index < -0.39 is 5.97 Å². The van der Waals surface area contributed by atoms with Crippen LogP contribution in [-0.2, 0) is 9.53 Å². The summed E-state index contributed by atoms with van der Waals surface area (Å²) in [6, 6.07) is 0. The zero-order chi connectivity index (χ0) is 8.69. The van der Waals surface area contributed by atoms with Crippen molar-refractivity contribution < 1.29 is 44.2 Å². The predicted octanol–water partition coefficient (Wildman–Crippen LogP) is -2.81. The zero-order valence-corrected chi connectivity index (χ0v) is 10.1. The van der Waals surface area contributed by atoms with Crippen molar-refractivity contribution in [1.29, 1.82) is 0 Å². The molecule has 0 amide bonds. The number of carboxylic acid groups (broad SMARTS) is 1. The minimum absolute atomic E-state index is 0. The zero-order valence-electron chi connectivity index (χ0n) is 8.13. The second kappa shape index (κ2) is 9.52. The van der Waals surface area contributed by atoms with E-state index in [1.165, 1.54) is 0 Å². The summed E-state index contributed by atoms with van der Waals surface area (Å²) in [5.41, 5.74) is 0. The van der Waals surface area contributed by atoms with Crippen molar-refractivity contribution in [2.24, 2.45) is 5.92 Å². The summed E-state index contributed by atoms with van der Waals surface area (Å²) in [5.74, 6) is -1.29. The van der Waals surface area contributed by atoms with Gasteiger partial charge >= 0.3 is 29.6 Å². The average molecular weight is 182 g/mol. The molecule has 3 nitrogen and oxygen atoms in total. The molecule has 0 aliphatic heterocycles. The first-order chi connectivity index (χ1) is 5.22. The van der Waals surface area contributed by atoms with Gasteiger partial charge < -0.3 is 14.6 Å². The molecule has 0 aliphatic carbocycles. The van der Waals surface area contributed by atoms with Crippen LogP contribution in [0.25, 0.3) is 0 Å². The van der Waals surface area contributed by atoms with E-state index in [9.17, 15) is 9.90 Å². The van der Waals surface area contributed by atoms with Crippen molar-refractivity contribution in [2.75, 3.05) is 13.7 Å². The largest absolute Gasteiger partial charge is 1.00 e. The van der Waals surface area contributed by atoms with E-state index in [0.29, 0.717) is 19.4 Å². The van der Waals surface area contributed by atoms with Gasteiger partial charge in [-0.3, -0.25) is 0 Å². The smallest absolute Gasteiger partial charge is 0.550 e. The number of methoxy groups -OCH3 is 1. The van der Waals surface area contributed by atoms with Gasteiger partial charge in [0.2, 0.25) is 0 Å². The number of carbonyl (C=O) groups excluding carboxylic acids is 1. The molecule has 0 rings (SSSR count). The summed E-state index contributed by atoms with van der Waals surface area (Å²) in [7, 11) is 1.57. The third-order valence-corrected chi connectivity index (χ3v) is 1.64. The third kappa shape index (κ3) is 7.10. The molecule has 0 spiro atoms. The van der Waals surface area contributed by atoms with Crippen LogP contribution in [0.2, 0.25) is 0 Å². The molecule has 0 aromatic carbocycles. The van der Waals surface area contributed by atoms with Gasteiger partial charge in [-0.25, -0.2) is 0 Å². The van der Waals surface area contributed by atoms with Crippen LogP contribution < -0.4 is 34.7 Å². The minimum Gasteiger partial charge on any atom is -0.550 e. The van der Waals surface area contributed by atoms with Crippen LogP contribution in [0.3, 0.4) is 0 Å². The standard InChI is InChI=1S/C8H16O3.Na/c1-3-4-7(8(9)10)5-6-11-2;/h7H,3-6H2,1-2H3,(H,9,10);/q;+1/p-1. The number of hydrogen-bond donors (Lipinski definition) is 0. The van der Waals surface area contributed by atoms with E-state index >= 15 is 0 Å². The Kier molecular flexibility index (Phi) is 11.8. The molecule has 0 fully saturated rings. The molecule has 1 atom stereocenters. The molecule has 0 N–H and O–H groups in total. The molecule has 4 heteroatoms. The van der Waals surface area contributed by atoms with Crippen LogP contribution in [-0.4, -0.2) is 19.7 Å². The van der Waals surface area contributed by atoms with Crippen molar-refractivity contribution in [3.8, 4) is 0 Å². The van der Waals surface area contributed by atoms with Gasteiger partial charge in [0.15, 0.2) is 0 Å². The van der Waals surface area contributed by atoms with Crippen molar-refractivity contribution in [3.05, 3.63) is 0 Å². The van der Waals surface area contributed by atoms with Crippen molar-refractivity contribution in [3.63, 3.8) is 0 Å². The summed E-state index contributed by atoms with van der Waals surface area (Å²) in [4.78, 5) is 10.4. The molecule has 0 heterocycles. The van der Waals surface area contributed by atoms with Crippen LogP contribution in [0.5, 0.6) is 0 Å². The Bertz CT molecular complexity index is 117. The van der Waals surface area contributed by atoms with Gasteiger partial charge in [0, 0.05) is 25.6 Å². The Morgan fingerprint density at radius 1 is 1.50 bits per heavy atom. The predicted molar refractivity (Wildman–Crippen MR) is 39.9 cm³/mol. The van der Waals surface area contributed by atoms with Crippen LogP contribution in [0, 0.1) is 5.92 Å². The average Bonchev–Trinajstić information content (AvgIpc) is 1.97. The molecule has 1 unspecified atom stereocenters. The Hall–Kier alpha value is 0.430. The molecule has 0 aromatic rings. The van der Waals surface area contributed by atoms with E-state index in [-0.39, 0.29) is 35.5 Å². The van der Waals surface area contributed by atoms with Crippen molar-refractivity contribution in [2.45, 2.75) is 26.2 Å². The normalized spacial score (nSPS) is 11.8. The Labute approximate surface area is 95.8 Å². The number of ether oxygens (including phenoxy) is 1. The molecule has 66 valence electrons.